The molecule has 5 heteroatoms. The molecule has 0 saturated carbocycles. The van der Waals surface area contributed by atoms with E-state index in [-0.39, 0.29) is 5.91 Å². The van der Waals surface area contributed by atoms with Gasteiger partial charge in [0.2, 0.25) is 0 Å². The number of anilines is 1. The lowest BCUT2D eigenvalue weighted by molar-refractivity contribution is 0.0398. The molecule has 1 saturated heterocycles. The van der Waals surface area contributed by atoms with Crippen LogP contribution in [0.25, 0.3) is 0 Å². The van der Waals surface area contributed by atoms with E-state index >= 15 is 0 Å². The Hall–Kier alpha value is -1.07. The van der Waals surface area contributed by atoms with Crippen molar-refractivity contribution in [2.45, 2.75) is 6.04 Å². The van der Waals surface area contributed by atoms with Gasteiger partial charge in [-0.25, -0.2) is 0 Å². The average Bonchev–Trinajstić information content (AvgIpc) is 2.18. The van der Waals surface area contributed by atoms with Crippen LogP contribution in [0.4, 0.5) is 5.69 Å². The summed E-state index contributed by atoms with van der Waals surface area (Å²) in [7, 11) is 4.06. The summed E-state index contributed by atoms with van der Waals surface area (Å²) >= 11 is 3.38. The van der Waals surface area contributed by atoms with Crippen LogP contribution in [0.15, 0.2) is 22.7 Å². The number of nitrogens with zero attached hydrogens (tertiary/aromatic N) is 2. The maximum absolute atomic E-state index is 12.2. The standard InChI is InChI=1S/C12H16BrN3O/c1-15(2)9-6-16(7-9)12(17)10-5-8(14)3-4-11(10)13/h3-5,9H,6-7,14H2,1-2H3. The van der Waals surface area contributed by atoms with Gasteiger partial charge in [-0.2, -0.15) is 0 Å². The van der Waals surface area contributed by atoms with Crippen molar-refractivity contribution in [3.63, 3.8) is 0 Å². The molecule has 4 nitrogen and oxygen atoms in total. The van der Waals surface area contributed by atoms with Crippen molar-refractivity contribution < 1.29 is 4.79 Å². The number of nitrogens with two attached hydrogens (primary N) is 1. The molecule has 92 valence electrons. The number of likely N-dealkylation sites (tertiary alicyclic amines) is 1. The molecule has 1 aromatic rings. The fourth-order valence-corrected chi connectivity index (χ4v) is 2.24. The second-order valence-electron chi connectivity index (χ2n) is 4.57. The zero-order chi connectivity index (χ0) is 12.6. The lowest BCUT2D eigenvalue weighted by Crippen LogP contribution is -2.59. The van der Waals surface area contributed by atoms with E-state index in [1.807, 2.05) is 25.1 Å². The number of nitrogen functional groups attached to an aromatic ring is 1. The van der Waals surface area contributed by atoms with Gasteiger partial charge in [-0.05, 0) is 48.2 Å². The second kappa shape index (κ2) is 4.66. The van der Waals surface area contributed by atoms with Gasteiger partial charge in [0.25, 0.3) is 5.91 Å². The summed E-state index contributed by atoms with van der Waals surface area (Å²) < 4.78 is 0.796. The summed E-state index contributed by atoms with van der Waals surface area (Å²) in [6.07, 6.45) is 0. The first-order valence-electron chi connectivity index (χ1n) is 5.50. The topological polar surface area (TPSA) is 49.6 Å². The quantitative estimate of drug-likeness (QED) is 0.840. The van der Waals surface area contributed by atoms with Crippen molar-refractivity contribution in [2.24, 2.45) is 0 Å². The molecule has 0 aromatic heterocycles. The molecule has 1 aliphatic heterocycles. The number of likely N-dealkylation sites (N-methyl/N-ethyl adjacent to an activating group) is 1. The molecule has 1 aromatic carbocycles. The summed E-state index contributed by atoms with van der Waals surface area (Å²) in [6.45, 7) is 1.57. The molecule has 17 heavy (non-hydrogen) atoms. The highest BCUT2D eigenvalue weighted by atomic mass is 79.9. The van der Waals surface area contributed by atoms with E-state index in [2.05, 4.69) is 20.8 Å². The molecule has 2 rings (SSSR count). The van der Waals surface area contributed by atoms with Crippen molar-refractivity contribution >= 4 is 27.5 Å². The smallest absolute Gasteiger partial charge is 0.255 e. The van der Waals surface area contributed by atoms with E-state index in [9.17, 15) is 4.79 Å². The number of hydrogen-bond acceptors (Lipinski definition) is 3. The number of benzene rings is 1. The molecule has 0 atom stereocenters. The van der Waals surface area contributed by atoms with Gasteiger partial charge in [-0.3, -0.25) is 4.79 Å². The SMILES string of the molecule is CN(C)C1CN(C(=O)c2cc(N)ccc2Br)C1. The van der Waals surface area contributed by atoms with Crippen molar-refractivity contribution in [2.75, 3.05) is 32.9 Å². The molecule has 1 aliphatic rings. The maximum Gasteiger partial charge on any atom is 0.255 e. The fourth-order valence-electron chi connectivity index (χ4n) is 1.82. The summed E-state index contributed by atoms with van der Waals surface area (Å²) in [5, 5.41) is 0. The lowest BCUT2D eigenvalue weighted by Gasteiger charge is -2.42. The second-order valence-corrected chi connectivity index (χ2v) is 5.42. The van der Waals surface area contributed by atoms with Gasteiger partial charge in [0, 0.05) is 29.3 Å². The van der Waals surface area contributed by atoms with Gasteiger partial charge >= 0.3 is 0 Å². The number of halogens is 1. The van der Waals surface area contributed by atoms with Crippen LogP contribution in [0.5, 0.6) is 0 Å². The predicted octanol–water partition coefficient (Wildman–Crippen LogP) is 1.42. The van der Waals surface area contributed by atoms with Crippen LogP contribution < -0.4 is 5.73 Å². The number of carbonyl (C=O) groups is 1. The van der Waals surface area contributed by atoms with E-state index in [0.29, 0.717) is 17.3 Å². The summed E-state index contributed by atoms with van der Waals surface area (Å²) in [5.41, 5.74) is 6.95. The van der Waals surface area contributed by atoms with Crippen LogP contribution in [0.1, 0.15) is 10.4 Å². The molecule has 0 spiro atoms. The molecule has 2 N–H and O–H groups in total. The molecule has 0 radical (unpaired) electrons. The van der Waals surface area contributed by atoms with E-state index in [1.165, 1.54) is 0 Å². The number of carbonyl (C=O) groups excluding carboxylic acids is 1. The number of rotatable bonds is 2. The van der Waals surface area contributed by atoms with Crippen LogP contribution in [0, 0.1) is 0 Å². The van der Waals surface area contributed by atoms with E-state index < -0.39 is 0 Å². The van der Waals surface area contributed by atoms with Crippen LogP contribution in [-0.2, 0) is 0 Å². The monoisotopic (exact) mass is 297 g/mol. The van der Waals surface area contributed by atoms with E-state index in [1.54, 1.807) is 12.1 Å². The maximum atomic E-state index is 12.2. The Bertz CT molecular complexity index is 441. The van der Waals surface area contributed by atoms with Crippen molar-refractivity contribution in [3.8, 4) is 0 Å². The molecule has 1 amide bonds. The van der Waals surface area contributed by atoms with Gasteiger partial charge in [0.1, 0.15) is 0 Å². The molecule has 0 aliphatic carbocycles. The van der Waals surface area contributed by atoms with Gasteiger partial charge in [-0.1, -0.05) is 0 Å². The predicted molar refractivity (Wildman–Crippen MR) is 71.9 cm³/mol. The normalized spacial score (nSPS) is 16.1. The van der Waals surface area contributed by atoms with Gasteiger partial charge < -0.3 is 15.5 Å². The van der Waals surface area contributed by atoms with Crippen LogP contribution in [0.2, 0.25) is 0 Å². The molecule has 0 bridgehead atoms. The first-order chi connectivity index (χ1) is 7.99. The minimum Gasteiger partial charge on any atom is -0.399 e. The lowest BCUT2D eigenvalue weighted by atomic mass is 10.1. The van der Waals surface area contributed by atoms with E-state index in [4.69, 9.17) is 5.73 Å². The minimum atomic E-state index is 0.0438. The van der Waals surface area contributed by atoms with Crippen LogP contribution in [0.3, 0.4) is 0 Å². The first kappa shape index (κ1) is 12.4. The van der Waals surface area contributed by atoms with Crippen molar-refractivity contribution in [1.29, 1.82) is 0 Å². The van der Waals surface area contributed by atoms with Crippen LogP contribution >= 0.6 is 15.9 Å². The molecule has 0 unspecified atom stereocenters. The van der Waals surface area contributed by atoms with Crippen molar-refractivity contribution in [3.05, 3.63) is 28.2 Å². The zero-order valence-electron chi connectivity index (χ0n) is 9.98. The fraction of sp³-hybridized carbons (Fsp3) is 0.417. The van der Waals surface area contributed by atoms with Crippen molar-refractivity contribution in [1.82, 2.24) is 9.80 Å². The summed E-state index contributed by atoms with van der Waals surface area (Å²) in [4.78, 5) is 16.2. The van der Waals surface area contributed by atoms with Crippen LogP contribution in [-0.4, -0.2) is 48.9 Å². The molecular formula is C12H16BrN3O. The van der Waals surface area contributed by atoms with Gasteiger partial charge in [0.15, 0.2) is 0 Å². The highest BCUT2D eigenvalue weighted by Gasteiger charge is 2.33. The highest BCUT2D eigenvalue weighted by Crippen LogP contribution is 2.24. The molecular weight excluding hydrogens is 282 g/mol. The molecule has 1 fully saturated rings. The third kappa shape index (κ3) is 2.45. The Morgan fingerprint density at radius 1 is 1.47 bits per heavy atom. The Labute approximate surface area is 110 Å². The largest absolute Gasteiger partial charge is 0.399 e. The minimum absolute atomic E-state index is 0.0438. The highest BCUT2D eigenvalue weighted by molar-refractivity contribution is 9.10. The zero-order valence-corrected chi connectivity index (χ0v) is 11.6. The number of amides is 1. The first-order valence-corrected chi connectivity index (χ1v) is 6.29. The average molecular weight is 298 g/mol. The van der Waals surface area contributed by atoms with E-state index in [0.717, 1.165) is 17.6 Å². The third-order valence-electron chi connectivity index (χ3n) is 3.10. The Kier molecular flexibility index (Phi) is 3.40. The van der Waals surface area contributed by atoms with Gasteiger partial charge in [0.05, 0.1) is 5.56 Å². The summed E-state index contributed by atoms with van der Waals surface area (Å²) in [6, 6.07) is 5.78. The Morgan fingerprint density at radius 3 is 2.71 bits per heavy atom. The van der Waals surface area contributed by atoms with Gasteiger partial charge in [-0.15, -0.1) is 0 Å². The Balaban J connectivity index is 2.09. The molecule has 1 heterocycles. The number of hydrogen-bond donors (Lipinski definition) is 1. The summed E-state index contributed by atoms with van der Waals surface area (Å²) in [5.74, 6) is 0.0438. The Morgan fingerprint density at radius 2 is 2.12 bits per heavy atom. The third-order valence-corrected chi connectivity index (χ3v) is 3.79.